The Balaban J connectivity index is 1.79. The van der Waals surface area contributed by atoms with Crippen LogP contribution in [0, 0.1) is 6.92 Å². The lowest BCUT2D eigenvalue weighted by Gasteiger charge is -2.34. The van der Waals surface area contributed by atoms with Crippen LogP contribution in [0.25, 0.3) is 10.4 Å². The fraction of sp³-hybridized carbons (Fsp3) is 0.500. The summed E-state index contributed by atoms with van der Waals surface area (Å²) >= 11 is 0. The summed E-state index contributed by atoms with van der Waals surface area (Å²) in [6.45, 7) is 1.99. The number of hydrogen-bond acceptors (Lipinski definition) is 7. The molecule has 34 heavy (non-hydrogen) atoms. The molecule has 4 atom stereocenters. The number of ether oxygens (including phenoxy) is 3. The molecule has 0 radical (unpaired) electrons. The topological polar surface area (TPSA) is 120 Å². The minimum absolute atomic E-state index is 0.0503. The molecule has 10 heteroatoms. The molecular formula is C24H31N3O6S. The van der Waals surface area contributed by atoms with E-state index in [0.717, 1.165) is 24.0 Å². The first-order chi connectivity index (χ1) is 16.4. The highest BCUT2D eigenvalue weighted by Gasteiger charge is 2.31. The summed E-state index contributed by atoms with van der Waals surface area (Å²) in [5.74, 6) is 0. The third kappa shape index (κ3) is 7.80. The van der Waals surface area contributed by atoms with Crippen molar-refractivity contribution in [3.05, 3.63) is 76.2 Å². The smallest absolute Gasteiger partial charge is 0.297 e. The van der Waals surface area contributed by atoms with Gasteiger partial charge in [-0.2, -0.15) is 8.42 Å². The molecule has 1 saturated heterocycles. The molecule has 3 rings (SSSR count). The van der Waals surface area contributed by atoms with Gasteiger partial charge >= 0.3 is 0 Å². The van der Waals surface area contributed by atoms with Gasteiger partial charge in [0.05, 0.1) is 36.4 Å². The average Bonchev–Trinajstić information content (AvgIpc) is 2.83. The zero-order valence-electron chi connectivity index (χ0n) is 19.4. The second kappa shape index (κ2) is 12.9. The summed E-state index contributed by atoms with van der Waals surface area (Å²) < 4.78 is 48.3. The van der Waals surface area contributed by atoms with E-state index >= 15 is 0 Å². The SMILES string of the molecule is COCC1CCCC(O[C@H](COS(=O)(=O)c2ccc(C)cc2)[C@H](Cc2ccccc2)N=[N+]=[N-])O1. The predicted molar refractivity (Wildman–Crippen MR) is 127 cm³/mol. The van der Waals surface area contributed by atoms with Crippen molar-refractivity contribution in [1.29, 1.82) is 0 Å². The van der Waals surface area contributed by atoms with Crippen LogP contribution in [-0.2, 0) is 34.9 Å². The van der Waals surface area contributed by atoms with Crippen LogP contribution in [0.15, 0.2) is 64.6 Å². The number of nitrogens with zero attached hydrogens (tertiary/aromatic N) is 3. The van der Waals surface area contributed by atoms with Gasteiger partial charge in [0, 0.05) is 12.0 Å². The van der Waals surface area contributed by atoms with Crippen molar-refractivity contribution in [2.75, 3.05) is 20.3 Å². The summed E-state index contributed by atoms with van der Waals surface area (Å²) in [6.07, 6.45) is 1.17. The lowest BCUT2D eigenvalue weighted by atomic mass is 10.0. The van der Waals surface area contributed by atoms with Crippen LogP contribution in [0.5, 0.6) is 0 Å². The molecule has 0 amide bonds. The normalized spacial score (nSPS) is 20.3. The van der Waals surface area contributed by atoms with Crippen molar-refractivity contribution in [3.63, 3.8) is 0 Å². The molecule has 0 saturated carbocycles. The second-order valence-corrected chi connectivity index (χ2v) is 9.88. The van der Waals surface area contributed by atoms with Crippen molar-refractivity contribution < 1.29 is 26.8 Å². The van der Waals surface area contributed by atoms with Crippen molar-refractivity contribution in [2.45, 2.75) is 62.0 Å². The van der Waals surface area contributed by atoms with E-state index in [1.165, 1.54) is 12.1 Å². The molecule has 0 aromatic heterocycles. The number of benzene rings is 2. The molecule has 1 heterocycles. The van der Waals surface area contributed by atoms with Gasteiger partial charge in [0.15, 0.2) is 6.29 Å². The summed E-state index contributed by atoms with van der Waals surface area (Å²) in [4.78, 5) is 3.03. The maximum Gasteiger partial charge on any atom is 0.297 e. The molecule has 1 aliphatic rings. The predicted octanol–water partition coefficient (Wildman–Crippen LogP) is 4.55. The Morgan fingerprint density at radius 1 is 1.15 bits per heavy atom. The van der Waals surface area contributed by atoms with E-state index in [4.69, 9.17) is 18.4 Å². The van der Waals surface area contributed by atoms with E-state index < -0.39 is 28.6 Å². The Kier molecular flexibility index (Phi) is 9.88. The maximum atomic E-state index is 12.8. The molecule has 2 aromatic rings. The van der Waals surface area contributed by atoms with Crippen LogP contribution in [0.1, 0.15) is 30.4 Å². The quantitative estimate of drug-likeness (QED) is 0.187. The van der Waals surface area contributed by atoms with Gasteiger partial charge in [-0.25, -0.2) is 0 Å². The van der Waals surface area contributed by atoms with Gasteiger partial charge in [-0.15, -0.1) is 0 Å². The first kappa shape index (κ1) is 26.2. The van der Waals surface area contributed by atoms with E-state index in [1.807, 2.05) is 37.3 Å². The van der Waals surface area contributed by atoms with Crippen molar-refractivity contribution in [3.8, 4) is 0 Å². The van der Waals surface area contributed by atoms with Gasteiger partial charge in [-0.05, 0) is 55.8 Å². The van der Waals surface area contributed by atoms with Crippen LogP contribution < -0.4 is 0 Å². The first-order valence-corrected chi connectivity index (χ1v) is 12.7. The number of methoxy groups -OCH3 is 1. The third-order valence-electron chi connectivity index (χ3n) is 5.60. The van der Waals surface area contributed by atoms with Crippen molar-refractivity contribution in [2.24, 2.45) is 5.11 Å². The molecular weight excluding hydrogens is 458 g/mol. The molecule has 2 aromatic carbocycles. The largest absolute Gasteiger partial charge is 0.382 e. The fourth-order valence-electron chi connectivity index (χ4n) is 3.81. The Hall–Kier alpha value is -2.46. The third-order valence-corrected chi connectivity index (χ3v) is 6.90. The van der Waals surface area contributed by atoms with Gasteiger partial charge in [0.1, 0.15) is 0 Å². The summed E-state index contributed by atoms with van der Waals surface area (Å²) in [5.41, 5.74) is 11.1. The van der Waals surface area contributed by atoms with Gasteiger partial charge < -0.3 is 14.2 Å². The molecule has 0 aliphatic carbocycles. The lowest BCUT2D eigenvalue weighted by Crippen LogP contribution is -2.41. The van der Waals surface area contributed by atoms with Crippen LogP contribution >= 0.6 is 0 Å². The van der Waals surface area contributed by atoms with E-state index in [0.29, 0.717) is 19.4 Å². The zero-order chi connectivity index (χ0) is 24.4. The maximum absolute atomic E-state index is 12.8. The zero-order valence-corrected chi connectivity index (χ0v) is 20.3. The van der Waals surface area contributed by atoms with Crippen LogP contribution in [-0.4, -0.2) is 53.3 Å². The number of azide groups is 1. The highest BCUT2D eigenvalue weighted by molar-refractivity contribution is 7.86. The Morgan fingerprint density at radius 3 is 2.56 bits per heavy atom. The molecule has 1 aliphatic heterocycles. The van der Waals surface area contributed by atoms with E-state index in [1.54, 1.807) is 19.2 Å². The fourth-order valence-corrected chi connectivity index (χ4v) is 4.72. The van der Waals surface area contributed by atoms with Crippen LogP contribution in [0.2, 0.25) is 0 Å². The van der Waals surface area contributed by atoms with Gasteiger partial charge in [-0.3, -0.25) is 4.18 Å². The molecule has 184 valence electrons. The highest BCUT2D eigenvalue weighted by Crippen LogP contribution is 2.25. The molecule has 0 bridgehead atoms. The van der Waals surface area contributed by atoms with E-state index in [9.17, 15) is 13.9 Å². The van der Waals surface area contributed by atoms with Crippen LogP contribution in [0.4, 0.5) is 0 Å². The Morgan fingerprint density at radius 2 is 1.88 bits per heavy atom. The summed E-state index contributed by atoms with van der Waals surface area (Å²) in [6, 6.07) is 15.2. The van der Waals surface area contributed by atoms with Crippen molar-refractivity contribution >= 4 is 10.1 Å². The monoisotopic (exact) mass is 489 g/mol. The Bertz CT molecular complexity index is 1040. The molecule has 0 N–H and O–H groups in total. The van der Waals surface area contributed by atoms with E-state index in [-0.39, 0.29) is 17.6 Å². The van der Waals surface area contributed by atoms with Crippen molar-refractivity contribution in [1.82, 2.24) is 0 Å². The number of aryl methyl sites for hydroxylation is 1. The minimum atomic E-state index is -4.03. The van der Waals surface area contributed by atoms with Gasteiger partial charge in [0.2, 0.25) is 0 Å². The van der Waals surface area contributed by atoms with Crippen LogP contribution in [0.3, 0.4) is 0 Å². The second-order valence-electron chi connectivity index (χ2n) is 8.26. The average molecular weight is 490 g/mol. The lowest BCUT2D eigenvalue weighted by molar-refractivity contribution is -0.228. The number of hydrogen-bond donors (Lipinski definition) is 0. The standard InChI is InChI=1S/C24H31N3O6S/c1-18-11-13-21(14-12-18)34(28,29)31-17-23(33-24-10-6-9-20(32-24)16-30-2)22(26-27-25)15-19-7-4-3-5-8-19/h3-5,7-8,11-14,20,22-24H,6,9-10,15-17H2,1-2H3/t20?,22-,23+,24?/m0/s1. The molecule has 1 fully saturated rings. The molecule has 9 nitrogen and oxygen atoms in total. The first-order valence-electron chi connectivity index (χ1n) is 11.3. The molecule has 0 spiro atoms. The number of rotatable bonds is 12. The Labute approximate surface area is 200 Å². The van der Waals surface area contributed by atoms with E-state index in [2.05, 4.69) is 10.0 Å². The summed E-state index contributed by atoms with van der Waals surface area (Å²) in [5, 5.41) is 3.93. The summed E-state index contributed by atoms with van der Waals surface area (Å²) in [7, 11) is -2.42. The highest BCUT2D eigenvalue weighted by atomic mass is 32.2. The minimum Gasteiger partial charge on any atom is -0.382 e. The molecule has 2 unspecified atom stereocenters. The van der Waals surface area contributed by atoms with Gasteiger partial charge in [-0.1, -0.05) is 53.1 Å². The van der Waals surface area contributed by atoms with Gasteiger partial charge in [0.25, 0.3) is 10.1 Å².